The van der Waals surface area contributed by atoms with Crippen LogP contribution in [0.25, 0.3) is 0 Å². The Balaban J connectivity index is 2.57. The molecule has 1 aromatic rings. The number of benzene rings is 1. The van der Waals surface area contributed by atoms with Gasteiger partial charge in [0.25, 0.3) is 0 Å². The van der Waals surface area contributed by atoms with Crippen LogP contribution in [0, 0.1) is 0 Å². The number of anilines is 1. The van der Waals surface area contributed by atoms with Crippen LogP contribution in [-0.4, -0.2) is 32.8 Å². The average Bonchev–Trinajstić information content (AvgIpc) is 2.42. The summed E-state index contributed by atoms with van der Waals surface area (Å²) in [5, 5.41) is 0. The number of esters is 2. The standard InChI is InChI=1S/C13H17NO5/c1-17-10-6-3-5-9(14)12(10)13(16)19-8-4-7-11(15)18-2/h3,5-6H,4,7-8,14H2,1-2H3. The molecule has 0 spiro atoms. The lowest BCUT2D eigenvalue weighted by atomic mass is 10.1. The summed E-state index contributed by atoms with van der Waals surface area (Å²) in [6.07, 6.45) is 0.596. The number of rotatable bonds is 6. The highest BCUT2D eigenvalue weighted by molar-refractivity contribution is 5.98. The molecule has 1 aromatic carbocycles. The molecule has 0 saturated heterocycles. The van der Waals surface area contributed by atoms with Gasteiger partial charge in [0.05, 0.1) is 20.8 Å². The third-order valence-corrected chi connectivity index (χ3v) is 2.47. The number of carbonyl (C=O) groups excluding carboxylic acids is 2. The van der Waals surface area contributed by atoms with Gasteiger partial charge in [-0.25, -0.2) is 4.79 Å². The van der Waals surface area contributed by atoms with Crippen molar-refractivity contribution in [3.8, 4) is 5.75 Å². The van der Waals surface area contributed by atoms with E-state index in [4.69, 9.17) is 15.2 Å². The van der Waals surface area contributed by atoms with E-state index in [2.05, 4.69) is 4.74 Å². The Labute approximate surface area is 111 Å². The fourth-order valence-electron chi connectivity index (χ4n) is 1.49. The van der Waals surface area contributed by atoms with Gasteiger partial charge in [-0.1, -0.05) is 6.07 Å². The zero-order valence-corrected chi connectivity index (χ0v) is 11.0. The van der Waals surface area contributed by atoms with Crippen molar-refractivity contribution in [3.05, 3.63) is 23.8 Å². The Hall–Kier alpha value is -2.24. The van der Waals surface area contributed by atoms with Gasteiger partial charge in [-0.3, -0.25) is 4.79 Å². The second-order valence-electron chi connectivity index (χ2n) is 3.74. The minimum absolute atomic E-state index is 0.116. The Morgan fingerprint density at radius 1 is 1.26 bits per heavy atom. The third kappa shape index (κ3) is 4.17. The van der Waals surface area contributed by atoms with Gasteiger partial charge in [-0.05, 0) is 18.6 Å². The highest BCUT2D eigenvalue weighted by Crippen LogP contribution is 2.24. The molecule has 0 atom stereocenters. The van der Waals surface area contributed by atoms with E-state index in [1.165, 1.54) is 14.2 Å². The van der Waals surface area contributed by atoms with E-state index in [1.807, 2.05) is 0 Å². The number of nitrogens with two attached hydrogens (primary N) is 1. The summed E-state index contributed by atoms with van der Waals surface area (Å²) in [5.74, 6) is -0.550. The molecule has 0 unspecified atom stereocenters. The van der Waals surface area contributed by atoms with Crippen molar-refractivity contribution in [2.45, 2.75) is 12.8 Å². The quantitative estimate of drug-likeness (QED) is 0.476. The van der Waals surface area contributed by atoms with Crippen LogP contribution in [0.3, 0.4) is 0 Å². The maximum Gasteiger partial charge on any atom is 0.344 e. The van der Waals surface area contributed by atoms with Crippen LogP contribution in [0.1, 0.15) is 23.2 Å². The van der Waals surface area contributed by atoms with Crippen molar-refractivity contribution in [1.29, 1.82) is 0 Å². The molecule has 104 valence electrons. The Morgan fingerprint density at radius 3 is 2.63 bits per heavy atom. The van der Waals surface area contributed by atoms with Gasteiger partial charge in [0.15, 0.2) is 0 Å². The Kier molecular flexibility index (Phi) is 5.66. The third-order valence-electron chi connectivity index (χ3n) is 2.47. The summed E-state index contributed by atoms with van der Waals surface area (Å²) in [7, 11) is 2.76. The first-order valence-electron chi connectivity index (χ1n) is 5.76. The highest BCUT2D eigenvalue weighted by atomic mass is 16.5. The largest absolute Gasteiger partial charge is 0.496 e. The molecule has 0 aliphatic heterocycles. The predicted octanol–water partition coefficient (Wildman–Crippen LogP) is 1.39. The lowest BCUT2D eigenvalue weighted by Gasteiger charge is -2.10. The molecule has 0 aliphatic rings. The first-order chi connectivity index (χ1) is 9.10. The molecule has 6 heteroatoms. The van der Waals surface area contributed by atoms with Crippen molar-refractivity contribution >= 4 is 17.6 Å². The lowest BCUT2D eigenvalue weighted by Crippen LogP contribution is -2.12. The van der Waals surface area contributed by atoms with Gasteiger partial charge in [0.1, 0.15) is 11.3 Å². The summed E-state index contributed by atoms with van der Waals surface area (Å²) in [4.78, 5) is 22.7. The van der Waals surface area contributed by atoms with E-state index in [9.17, 15) is 9.59 Å². The summed E-state index contributed by atoms with van der Waals surface area (Å²) in [6, 6.07) is 4.90. The van der Waals surface area contributed by atoms with Crippen LogP contribution >= 0.6 is 0 Å². The smallest absolute Gasteiger partial charge is 0.344 e. The highest BCUT2D eigenvalue weighted by Gasteiger charge is 2.17. The lowest BCUT2D eigenvalue weighted by molar-refractivity contribution is -0.140. The topological polar surface area (TPSA) is 87.9 Å². The molecule has 0 radical (unpaired) electrons. The van der Waals surface area contributed by atoms with Crippen molar-refractivity contribution < 1.29 is 23.8 Å². The van der Waals surface area contributed by atoms with Crippen LogP contribution in [0.5, 0.6) is 5.75 Å². The van der Waals surface area contributed by atoms with E-state index >= 15 is 0 Å². The van der Waals surface area contributed by atoms with E-state index in [-0.39, 0.29) is 30.2 Å². The van der Waals surface area contributed by atoms with Crippen LogP contribution in [0.15, 0.2) is 18.2 Å². The molecule has 19 heavy (non-hydrogen) atoms. The molecule has 1 rings (SSSR count). The molecule has 0 aromatic heterocycles. The zero-order chi connectivity index (χ0) is 14.3. The van der Waals surface area contributed by atoms with Gasteiger partial charge in [0, 0.05) is 12.1 Å². The Bertz CT molecular complexity index is 458. The second kappa shape index (κ2) is 7.25. The Morgan fingerprint density at radius 2 is 2.00 bits per heavy atom. The van der Waals surface area contributed by atoms with E-state index < -0.39 is 5.97 Å². The fourth-order valence-corrected chi connectivity index (χ4v) is 1.49. The summed E-state index contributed by atoms with van der Waals surface area (Å²) in [6.45, 7) is 0.116. The van der Waals surface area contributed by atoms with Gasteiger partial charge in [-0.15, -0.1) is 0 Å². The minimum Gasteiger partial charge on any atom is -0.496 e. The van der Waals surface area contributed by atoms with E-state index in [0.29, 0.717) is 12.2 Å². The normalized spacial score (nSPS) is 9.79. The van der Waals surface area contributed by atoms with Gasteiger partial charge >= 0.3 is 11.9 Å². The molecule has 2 N–H and O–H groups in total. The number of hydrogen-bond acceptors (Lipinski definition) is 6. The molecule has 0 heterocycles. The van der Waals surface area contributed by atoms with Crippen molar-refractivity contribution in [1.82, 2.24) is 0 Å². The van der Waals surface area contributed by atoms with Gasteiger partial charge in [0.2, 0.25) is 0 Å². The van der Waals surface area contributed by atoms with Crippen LogP contribution < -0.4 is 10.5 Å². The molecular formula is C13H17NO5. The van der Waals surface area contributed by atoms with E-state index in [1.54, 1.807) is 18.2 Å². The van der Waals surface area contributed by atoms with Crippen molar-refractivity contribution in [2.75, 3.05) is 26.6 Å². The zero-order valence-electron chi connectivity index (χ0n) is 11.0. The van der Waals surface area contributed by atoms with Crippen LogP contribution in [0.2, 0.25) is 0 Å². The molecule has 6 nitrogen and oxygen atoms in total. The molecule has 0 fully saturated rings. The minimum atomic E-state index is -0.570. The van der Waals surface area contributed by atoms with E-state index in [0.717, 1.165) is 0 Å². The molecule has 0 saturated carbocycles. The predicted molar refractivity (Wildman–Crippen MR) is 68.9 cm³/mol. The van der Waals surface area contributed by atoms with Crippen molar-refractivity contribution in [3.63, 3.8) is 0 Å². The first kappa shape index (κ1) is 14.8. The number of ether oxygens (including phenoxy) is 3. The fraction of sp³-hybridized carbons (Fsp3) is 0.385. The molecular weight excluding hydrogens is 250 g/mol. The van der Waals surface area contributed by atoms with Crippen LogP contribution in [-0.2, 0) is 14.3 Å². The number of hydrogen-bond donors (Lipinski definition) is 1. The van der Waals surface area contributed by atoms with Gasteiger partial charge < -0.3 is 19.9 Å². The molecule has 0 amide bonds. The van der Waals surface area contributed by atoms with Crippen molar-refractivity contribution in [2.24, 2.45) is 0 Å². The molecule has 0 aliphatic carbocycles. The maximum absolute atomic E-state index is 11.9. The maximum atomic E-state index is 11.9. The number of nitrogen functional groups attached to an aromatic ring is 1. The molecule has 0 bridgehead atoms. The number of carbonyl (C=O) groups is 2. The summed E-state index contributed by atoms with van der Waals surface area (Å²) in [5.41, 5.74) is 6.20. The summed E-state index contributed by atoms with van der Waals surface area (Å²) >= 11 is 0. The SMILES string of the molecule is COC(=O)CCCOC(=O)c1c(N)cccc1OC. The van der Waals surface area contributed by atoms with Gasteiger partial charge in [-0.2, -0.15) is 0 Å². The monoisotopic (exact) mass is 267 g/mol. The average molecular weight is 267 g/mol. The summed E-state index contributed by atoms with van der Waals surface area (Å²) < 4.78 is 14.6. The second-order valence-corrected chi connectivity index (χ2v) is 3.74. The number of methoxy groups -OCH3 is 2. The van der Waals surface area contributed by atoms with Crippen LogP contribution in [0.4, 0.5) is 5.69 Å². The first-order valence-corrected chi connectivity index (χ1v) is 5.76.